The van der Waals surface area contributed by atoms with Crippen molar-refractivity contribution in [1.82, 2.24) is 4.90 Å². The van der Waals surface area contributed by atoms with Gasteiger partial charge in [-0.15, -0.1) is 24.2 Å². The molecule has 0 saturated carbocycles. The molecule has 0 aromatic rings. The molecule has 1 unspecified atom stereocenters. The van der Waals surface area contributed by atoms with Crippen LogP contribution in [0.3, 0.4) is 0 Å². The molecule has 0 radical (unpaired) electrons. The van der Waals surface area contributed by atoms with Gasteiger partial charge in [-0.3, -0.25) is 9.69 Å². The Balaban J connectivity index is 0.000000980. The van der Waals surface area contributed by atoms with Gasteiger partial charge in [0.05, 0.1) is 0 Å². The van der Waals surface area contributed by atoms with E-state index in [9.17, 15) is 9.59 Å². The van der Waals surface area contributed by atoms with Crippen molar-refractivity contribution in [3.05, 3.63) is 11.8 Å². The fourth-order valence-corrected chi connectivity index (χ4v) is 2.58. The molecule has 2 rings (SSSR count). The van der Waals surface area contributed by atoms with Crippen LogP contribution in [0.5, 0.6) is 0 Å². The largest absolute Gasteiger partial charge is 0.477 e. The van der Waals surface area contributed by atoms with Crippen molar-refractivity contribution in [3.63, 3.8) is 0 Å². The van der Waals surface area contributed by atoms with Gasteiger partial charge in [0.2, 0.25) is 5.91 Å². The van der Waals surface area contributed by atoms with E-state index in [2.05, 4.69) is 0 Å². The number of fused-ring (bicyclic) bond motifs is 1. The monoisotopic (exact) mass is 236 g/mol. The smallest absolute Gasteiger partial charge is 0.352 e. The van der Waals surface area contributed by atoms with Crippen LogP contribution in [0.25, 0.3) is 0 Å². The summed E-state index contributed by atoms with van der Waals surface area (Å²) in [6.07, 6.45) is 1.54. The zero-order chi connectivity index (χ0) is 9.59. The van der Waals surface area contributed by atoms with Gasteiger partial charge < -0.3 is 10.8 Å². The summed E-state index contributed by atoms with van der Waals surface area (Å²) in [5.41, 5.74) is 5.57. The predicted molar refractivity (Wildman–Crippen MR) is 54.0 cm³/mol. The van der Waals surface area contributed by atoms with E-state index in [4.69, 9.17) is 10.8 Å². The van der Waals surface area contributed by atoms with Crippen LogP contribution in [0.4, 0.5) is 0 Å². The van der Waals surface area contributed by atoms with Crippen molar-refractivity contribution in [1.29, 1.82) is 0 Å². The molecule has 3 N–H and O–H groups in total. The second kappa shape index (κ2) is 3.80. The van der Waals surface area contributed by atoms with E-state index < -0.39 is 12.0 Å². The van der Waals surface area contributed by atoms with E-state index in [0.29, 0.717) is 5.75 Å². The number of amides is 1. The van der Waals surface area contributed by atoms with Crippen molar-refractivity contribution in [2.45, 2.75) is 11.4 Å². The Labute approximate surface area is 90.7 Å². The van der Waals surface area contributed by atoms with Gasteiger partial charge in [0, 0.05) is 5.75 Å². The minimum Gasteiger partial charge on any atom is -0.477 e. The molecule has 0 spiro atoms. The van der Waals surface area contributed by atoms with E-state index in [1.54, 1.807) is 0 Å². The summed E-state index contributed by atoms with van der Waals surface area (Å²) in [6, 6.07) is -0.534. The molecule has 2 heterocycles. The van der Waals surface area contributed by atoms with Gasteiger partial charge in [0.25, 0.3) is 0 Å². The van der Waals surface area contributed by atoms with E-state index in [1.807, 2.05) is 0 Å². The minimum absolute atomic E-state index is 0. The number of hydrogen-bond acceptors (Lipinski definition) is 4. The number of nitrogens with zero attached hydrogens (tertiary/aromatic N) is 1. The number of aliphatic carboxylic acids is 1. The Morgan fingerprint density at radius 2 is 2.36 bits per heavy atom. The third kappa shape index (κ3) is 1.39. The maximum absolute atomic E-state index is 11.2. The number of nitrogens with two attached hydrogens (primary N) is 1. The Kier molecular flexibility index (Phi) is 3.08. The number of hydrogen-bond donors (Lipinski definition) is 2. The van der Waals surface area contributed by atoms with Crippen LogP contribution in [-0.2, 0) is 9.59 Å². The lowest BCUT2D eigenvalue weighted by Crippen LogP contribution is -2.68. The van der Waals surface area contributed by atoms with Crippen LogP contribution < -0.4 is 5.73 Å². The summed E-state index contributed by atoms with van der Waals surface area (Å²) in [6.45, 7) is 0. The number of halogens is 1. The molecule has 0 aromatic heterocycles. The third-order valence-electron chi connectivity index (χ3n) is 2.11. The molecular weight excluding hydrogens is 228 g/mol. The van der Waals surface area contributed by atoms with Gasteiger partial charge in [0.1, 0.15) is 17.1 Å². The number of thioether (sulfide) groups is 1. The SMILES string of the molecule is Cl.NC1C(=O)N2C(C(=O)O)=CCS[C@@H]12. The van der Waals surface area contributed by atoms with Crippen molar-refractivity contribution >= 4 is 36.0 Å². The first-order valence-corrected chi connectivity index (χ1v) is 4.81. The molecule has 0 aliphatic carbocycles. The van der Waals surface area contributed by atoms with E-state index in [0.717, 1.165) is 0 Å². The molecular formula is C7H9ClN2O3S. The third-order valence-corrected chi connectivity index (χ3v) is 3.31. The first-order chi connectivity index (χ1) is 6.13. The molecule has 2 atom stereocenters. The van der Waals surface area contributed by atoms with Gasteiger partial charge in [0.15, 0.2) is 0 Å². The van der Waals surface area contributed by atoms with Gasteiger partial charge in [-0.2, -0.15) is 0 Å². The highest BCUT2D eigenvalue weighted by Crippen LogP contribution is 2.36. The average Bonchev–Trinajstić information content (AvgIpc) is 2.15. The summed E-state index contributed by atoms with van der Waals surface area (Å²) < 4.78 is 0. The van der Waals surface area contributed by atoms with E-state index in [-0.39, 0.29) is 29.4 Å². The zero-order valence-corrected chi connectivity index (χ0v) is 8.68. The highest BCUT2D eigenvalue weighted by atomic mass is 35.5. The van der Waals surface area contributed by atoms with E-state index >= 15 is 0 Å². The van der Waals surface area contributed by atoms with Crippen molar-refractivity contribution in [3.8, 4) is 0 Å². The summed E-state index contributed by atoms with van der Waals surface area (Å²) in [7, 11) is 0. The summed E-state index contributed by atoms with van der Waals surface area (Å²) in [5, 5.41) is 8.57. The number of rotatable bonds is 1. The van der Waals surface area contributed by atoms with Crippen LogP contribution in [0, 0.1) is 0 Å². The second-order valence-electron chi connectivity index (χ2n) is 2.85. The average molecular weight is 237 g/mol. The number of carboxylic acid groups (broad SMARTS) is 1. The molecule has 7 heteroatoms. The van der Waals surface area contributed by atoms with Crippen LogP contribution in [0.1, 0.15) is 0 Å². The molecule has 78 valence electrons. The molecule has 1 fully saturated rings. The zero-order valence-electron chi connectivity index (χ0n) is 7.04. The fraction of sp³-hybridized carbons (Fsp3) is 0.429. The Hall–Kier alpha value is -0.720. The van der Waals surface area contributed by atoms with Gasteiger partial charge in [-0.25, -0.2) is 4.79 Å². The molecule has 1 saturated heterocycles. The summed E-state index contributed by atoms with van der Waals surface area (Å²) in [4.78, 5) is 23.1. The molecule has 2 aliphatic rings. The quantitative estimate of drug-likeness (QED) is 0.607. The van der Waals surface area contributed by atoms with Gasteiger partial charge in [-0.05, 0) is 6.08 Å². The van der Waals surface area contributed by atoms with E-state index in [1.165, 1.54) is 22.7 Å². The standard InChI is InChI=1S/C7H8N2O3S.ClH/c8-4-5(10)9-3(7(11)12)1-2-13-6(4)9;/h1,4,6H,2,8H2,(H,11,12);1H/t4?,6-;/m0./s1. The number of carbonyl (C=O) groups excluding carboxylic acids is 1. The molecule has 0 bridgehead atoms. The Morgan fingerprint density at radius 1 is 1.71 bits per heavy atom. The molecule has 14 heavy (non-hydrogen) atoms. The number of β-lactam (4-membered cyclic amide) rings is 1. The molecule has 0 aromatic carbocycles. The van der Waals surface area contributed by atoms with Crippen molar-refractivity contribution in [2.24, 2.45) is 5.73 Å². The summed E-state index contributed by atoms with van der Waals surface area (Å²) in [5.74, 6) is -0.763. The number of carbonyl (C=O) groups is 2. The van der Waals surface area contributed by atoms with Crippen LogP contribution in [-0.4, -0.2) is 39.1 Å². The predicted octanol–water partition coefficient (Wildman–Crippen LogP) is -0.381. The van der Waals surface area contributed by atoms with Gasteiger partial charge in [-0.1, -0.05) is 0 Å². The highest BCUT2D eigenvalue weighted by molar-refractivity contribution is 8.00. The lowest BCUT2D eigenvalue weighted by Gasteiger charge is -2.46. The van der Waals surface area contributed by atoms with Crippen LogP contribution in [0.15, 0.2) is 11.8 Å². The Bertz CT molecular complexity index is 320. The van der Waals surface area contributed by atoms with Gasteiger partial charge >= 0.3 is 5.97 Å². The first-order valence-electron chi connectivity index (χ1n) is 3.76. The topological polar surface area (TPSA) is 83.6 Å². The molecule has 1 amide bonds. The van der Waals surface area contributed by atoms with Crippen molar-refractivity contribution in [2.75, 3.05) is 5.75 Å². The summed E-state index contributed by atoms with van der Waals surface area (Å²) >= 11 is 1.49. The number of carboxylic acids is 1. The highest BCUT2D eigenvalue weighted by Gasteiger charge is 2.49. The van der Waals surface area contributed by atoms with Crippen molar-refractivity contribution < 1.29 is 14.7 Å². The minimum atomic E-state index is -1.06. The first kappa shape index (κ1) is 11.4. The van der Waals surface area contributed by atoms with Crippen LogP contribution in [0.2, 0.25) is 0 Å². The van der Waals surface area contributed by atoms with Crippen LogP contribution >= 0.6 is 24.2 Å². The molecule has 5 nitrogen and oxygen atoms in total. The lowest BCUT2D eigenvalue weighted by atomic mass is 10.1. The maximum Gasteiger partial charge on any atom is 0.352 e. The Morgan fingerprint density at radius 3 is 2.93 bits per heavy atom. The maximum atomic E-state index is 11.2. The second-order valence-corrected chi connectivity index (χ2v) is 4.00. The fourth-order valence-electron chi connectivity index (χ4n) is 1.43. The normalized spacial score (nSPS) is 29.6. The molecule has 2 aliphatic heterocycles. The lowest BCUT2D eigenvalue weighted by molar-refractivity contribution is -0.147.